The number of nitrogens with zero attached hydrogens (tertiary/aromatic N) is 1. The predicted octanol–water partition coefficient (Wildman–Crippen LogP) is 3.30. The third-order valence-electron chi connectivity index (χ3n) is 3.13. The van der Waals surface area contributed by atoms with Crippen LogP contribution in [0, 0.1) is 5.92 Å². The zero-order valence-corrected chi connectivity index (χ0v) is 11.5. The summed E-state index contributed by atoms with van der Waals surface area (Å²) in [5, 5.41) is 0. The minimum atomic E-state index is 0.849. The van der Waals surface area contributed by atoms with Crippen molar-refractivity contribution in [1.82, 2.24) is 4.90 Å². The monoisotopic (exact) mass is 283 g/mol. The van der Waals surface area contributed by atoms with E-state index in [0.29, 0.717) is 0 Å². The number of hydrogen-bond donors (Lipinski definition) is 0. The molecule has 1 saturated heterocycles. The highest BCUT2D eigenvalue weighted by Gasteiger charge is 2.18. The van der Waals surface area contributed by atoms with Crippen molar-refractivity contribution in [2.24, 2.45) is 5.92 Å². The number of benzene rings is 1. The summed E-state index contributed by atoms with van der Waals surface area (Å²) < 4.78 is 6.27. The fraction of sp³-hybridized carbons (Fsp3) is 0.538. The van der Waals surface area contributed by atoms with E-state index >= 15 is 0 Å². The maximum atomic E-state index is 5.23. The smallest absolute Gasteiger partial charge is 0.133 e. The van der Waals surface area contributed by atoms with E-state index in [1.54, 1.807) is 7.11 Å². The topological polar surface area (TPSA) is 12.5 Å². The van der Waals surface area contributed by atoms with E-state index in [0.717, 1.165) is 22.7 Å². The first-order valence-corrected chi connectivity index (χ1v) is 6.53. The lowest BCUT2D eigenvalue weighted by molar-refractivity contribution is 0.320. The number of likely N-dealkylation sites (tertiary alicyclic amines) is 1. The molecular formula is C13H18BrNO. The Morgan fingerprint density at radius 2 is 2.31 bits per heavy atom. The lowest BCUT2D eigenvalue weighted by Gasteiger charge is -2.16. The van der Waals surface area contributed by atoms with Gasteiger partial charge in [-0.25, -0.2) is 0 Å². The molecule has 1 aliphatic heterocycles. The van der Waals surface area contributed by atoms with E-state index in [2.05, 4.69) is 39.9 Å². The molecule has 0 amide bonds. The van der Waals surface area contributed by atoms with Crippen LogP contribution in [0.2, 0.25) is 0 Å². The van der Waals surface area contributed by atoms with Crippen LogP contribution >= 0.6 is 15.9 Å². The minimum absolute atomic E-state index is 0.849. The molecule has 0 bridgehead atoms. The summed E-state index contributed by atoms with van der Waals surface area (Å²) in [6.07, 6.45) is 1.33. The van der Waals surface area contributed by atoms with Crippen LogP contribution in [0.4, 0.5) is 0 Å². The van der Waals surface area contributed by atoms with Crippen LogP contribution in [0.5, 0.6) is 5.75 Å². The lowest BCUT2D eigenvalue weighted by atomic mass is 10.2. The Morgan fingerprint density at radius 3 is 2.88 bits per heavy atom. The lowest BCUT2D eigenvalue weighted by Crippen LogP contribution is -2.19. The molecule has 0 spiro atoms. The summed E-state index contributed by atoms with van der Waals surface area (Å²) in [6, 6.07) is 6.33. The van der Waals surface area contributed by atoms with Crippen molar-refractivity contribution >= 4 is 15.9 Å². The van der Waals surface area contributed by atoms with Gasteiger partial charge in [0.1, 0.15) is 5.75 Å². The first-order chi connectivity index (χ1) is 7.69. The van der Waals surface area contributed by atoms with Gasteiger partial charge in [0.05, 0.1) is 11.6 Å². The van der Waals surface area contributed by atoms with Crippen molar-refractivity contribution in [2.45, 2.75) is 19.9 Å². The molecule has 1 atom stereocenters. The van der Waals surface area contributed by atoms with Gasteiger partial charge >= 0.3 is 0 Å². The van der Waals surface area contributed by atoms with E-state index in [-0.39, 0.29) is 0 Å². The Hall–Kier alpha value is -0.540. The first kappa shape index (κ1) is 11.9. The van der Waals surface area contributed by atoms with Crippen molar-refractivity contribution in [2.75, 3.05) is 20.2 Å². The van der Waals surface area contributed by atoms with Gasteiger partial charge in [-0.05, 0) is 52.5 Å². The van der Waals surface area contributed by atoms with Gasteiger partial charge < -0.3 is 4.74 Å². The highest BCUT2D eigenvalue weighted by atomic mass is 79.9. The van der Waals surface area contributed by atoms with Gasteiger partial charge in [-0.1, -0.05) is 13.0 Å². The Balaban J connectivity index is 2.02. The summed E-state index contributed by atoms with van der Waals surface area (Å²) in [5.74, 6) is 1.75. The second kappa shape index (κ2) is 5.19. The minimum Gasteiger partial charge on any atom is -0.496 e. The molecule has 88 valence electrons. The van der Waals surface area contributed by atoms with E-state index in [9.17, 15) is 0 Å². The van der Waals surface area contributed by atoms with Crippen LogP contribution in [0.3, 0.4) is 0 Å². The summed E-state index contributed by atoms with van der Waals surface area (Å²) in [7, 11) is 1.70. The van der Waals surface area contributed by atoms with E-state index < -0.39 is 0 Å². The molecule has 0 saturated carbocycles. The summed E-state index contributed by atoms with van der Waals surface area (Å²) >= 11 is 3.53. The quantitative estimate of drug-likeness (QED) is 0.844. The van der Waals surface area contributed by atoms with Crippen LogP contribution in [0.1, 0.15) is 18.9 Å². The van der Waals surface area contributed by atoms with Crippen LogP contribution in [0.15, 0.2) is 22.7 Å². The third-order valence-corrected chi connectivity index (χ3v) is 3.75. The van der Waals surface area contributed by atoms with Crippen LogP contribution in [-0.2, 0) is 6.54 Å². The van der Waals surface area contributed by atoms with Crippen molar-refractivity contribution in [3.63, 3.8) is 0 Å². The molecule has 1 aromatic rings. The van der Waals surface area contributed by atoms with Crippen LogP contribution in [0.25, 0.3) is 0 Å². The fourth-order valence-corrected chi connectivity index (χ4v) is 2.82. The molecular weight excluding hydrogens is 266 g/mol. The van der Waals surface area contributed by atoms with Gasteiger partial charge in [-0.3, -0.25) is 4.90 Å². The Kier molecular flexibility index (Phi) is 3.87. The molecule has 16 heavy (non-hydrogen) atoms. The summed E-state index contributed by atoms with van der Waals surface area (Å²) in [6.45, 7) is 5.82. The third kappa shape index (κ3) is 2.77. The second-order valence-corrected chi connectivity index (χ2v) is 5.45. The second-order valence-electron chi connectivity index (χ2n) is 4.60. The van der Waals surface area contributed by atoms with Crippen molar-refractivity contribution in [3.8, 4) is 5.75 Å². The SMILES string of the molecule is COc1ccc(CN2CCC(C)C2)cc1Br. The molecule has 1 fully saturated rings. The summed E-state index contributed by atoms with van der Waals surface area (Å²) in [4.78, 5) is 2.51. The van der Waals surface area contributed by atoms with E-state index in [1.165, 1.54) is 25.1 Å². The Bertz CT molecular complexity index is 367. The zero-order chi connectivity index (χ0) is 11.5. The standard InChI is InChI=1S/C13H18BrNO/c1-10-5-6-15(8-10)9-11-3-4-13(16-2)12(14)7-11/h3-4,7,10H,5-6,8-9H2,1-2H3. The van der Waals surface area contributed by atoms with Gasteiger partial charge in [-0.15, -0.1) is 0 Å². The van der Waals surface area contributed by atoms with E-state index in [1.807, 2.05) is 6.07 Å². The van der Waals surface area contributed by atoms with Gasteiger partial charge in [0.25, 0.3) is 0 Å². The van der Waals surface area contributed by atoms with Crippen molar-refractivity contribution in [1.29, 1.82) is 0 Å². The van der Waals surface area contributed by atoms with Crippen molar-refractivity contribution < 1.29 is 4.74 Å². The molecule has 0 radical (unpaired) electrons. The largest absolute Gasteiger partial charge is 0.496 e. The highest BCUT2D eigenvalue weighted by molar-refractivity contribution is 9.10. The Labute approximate surface area is 106 Å². The molecule has 0 N–H and O–H groups in total. The first-order valence-electron chi connectivity index (χ1n) is 5.74. The fourth-order valence-electron chi connectivity index (χ4n) is 2.24. The molecule has 1 aromatic carbocycles. The number of rotatable bonds is 3. The molecule has 2 nitrogen and oxygen atoms in total. The van der Waals surface area contributed by atoms with Gasteiger partial charge in [0.2, 0.25) is 0 Å². The maximum Gasteiger partial charge on any atom is 0.133 e. The average molecular weight is 284 g/mol. The van der Waals surface area contributed by atoms with Crippen molar-refractivity contribution in [3.05, 3.63) is 28.2 Å². The predicted molar refractivity (Wildman–Crippen MR) is 69.8 cm³/mol. The number of methoxy groups -OCH3 is 1. The Morgan fingerprint density at radius 1 is 1.50 bits per heavy atom. The van der Waals surface area contributed by atoms with Gasteiger partial charge in [0.15, 0.2) is 0 Å². The number of halogens is 1. The molecule has 0 aromatic heterocycles. The van der Waals surface area contributed by atoms with Crippen LogP contribution < -0.4 is 4.74 Å². The number of hydrogen-bond acceptors (Lipinski definition) is 2. The van der Waals surface area contributed by atoms with E-state index in [4.69, 9.17) is 4.74 Å². The molecule has 0 aliphatic carbocycles. The molecule has 1 aliphatic rings. The zero-order valence-electron chi connectivity index (χ0n) is 9.87. The average Bonchev–Trinajstić information content (AvgIpc) is 2.64. The molecule has 1 heterocycles. The molecule has 2 rings (SSSR count). The van der Waals surface area contributed by atoms with Gasteiger partial charge in [0, 0.05) is 13.1 Å². The maximum absolute atomic E-state index is 5.23. The summed E-state index contributed by atoms with van der Waals surface area (Å²) in [5.41, 5.74) is 1.35. The van der Waals surface area contributed by atoms with Crippen LogP contribution in [-0.4, -0.2) is 25.1 Å². The number of ether oxygens (including phenoxy) is 1. The normalized spacial score (nSPS) is 21.3. The molecule has 1 unspecified atom stereocenters. The molecule has 3 heteroatoms. The highest BCUT2D eigenvalue weighted by Crippen LogP contribution is 2.27. The van der Waals surface area contributed by atoms with Gasteiger partial charge in [-0.2, -0.15) is 0 Å².